The van der Waals surface area contributed by atoms with Crippen molar-refractivity contribution in [3.8, 4) is 5.75 Å². The smallest absolute Gasteiger partial charge is 0.133 e. The van der Waals surface area contributed by atoms with Crippen LogP contribution < -0.4 is 10.5 Å². The quantitative estimate of drug-likeness (QED) is 0.615. The fraction of sp³-hybridized carbons (Fsp3) is 0.0769. The van der Waals surface area contributed by atoms with E-state index in [0.717, 1.165) is 25.0 Å². The summed E-state index contributed by atoms with van der Waals surface area (Å²) in [6.45, 7) is 0.525. The van der Waals surface area contributed by atoms with Gasteiger partial charge in [-0.25, -0.2) is 0 Å². The van der Waals surface area contributed by atoms with Gasteiger partial charge in [0.2, 0.25) is 0 Å². The summed E-state index contributed by atoms with van der Waals surface area (Å²) < 4.78 is 7.76. The number of anilines is 1. The fourth-order valence-electron chi connectivity index (χ4n) is 1.41. The maximum absolute atomic E-state index is 5.82. The van der Waals surface area contributed by atoms with Gasteiger partial charge in [0.05, 0.1) is 3.57 Å². The first-order valence-corrected chi connectivity index (χ1v) is 6.95. The van der Waals surface area contributed by atoms with Crippen LogP contribution in [-0.4, -0.2) is 0 Å². The molecule has 4 heteroatoms. The second-order valence-corrected chi connectivity index (χ2v) is 5.59. The molecule has 0 fully saturated rings. The highest BCUT2D eigenvalue weighted by Crippen LogP contribution is 2.23. The minimum atomic E-state index is 0.525. The van der Waals surface area contributed by atoms with Crippen molar-refractivity contribution in [2.45, 2.75) is 6.61 Å². The van der Waals surface area contributed by atoms with Crippen molar-refractivity contribution >= 4 is 44.2 Å². The lowest BCUT2D eigenvalue weighted by Crippen LogP contribution is -1.98. The van der Waals surface area contributed by atoms with Gasteiger partial charge < -0.3 is 10.5 Å². The van der Waals surface area contributed by atoms with Crippen molar-refractivity contribution in [2.75, 3.05) is 5.73 Å². The summed E-state index contributed by atoms with van der Waals surface area (Å²) in [7, 11) is 0. The zero-order valence-electron chi connectivity index (χ0n) is 8.99. The van der Waals surface area contributed by atoms with Gasteiger partial charge in [0.25, 0.3) is 0 Å². The Morgan fingerprint density at radius 2 is 1.94 bits per heavy atom. The Labute approximate surface area is 122 Å². The summed E-state index contributed by atoms with van der Waals surface area (Å²) in [6, 6.07) is 13.8. The highest BCUT2D eigenvalue weighted by atomic mass is 127. The molecule has 0 saturated heterocycles. The molecule has 88 valence electrons. The Kier molecular flexibility index (Phi) is 4.28. The molecular formula is C13H11BrINO. The molecule has 0 atom stereocenters. The zero-order valence-corrected chi connectivity index (χ0v) is 12.7. The van der Waals surface area contributed by atoms with Crippen LogP contribution in [0.15, 0.2) is 46.9 Å². The first-order chi connectivity index (χ1) is 8.16. The molecule has 0 amide bonds. The number of ether oxygens (including phenoxy) is 1. The fourth-order valence-corrected chi connectivity index (χ4v) is 2.20. The van der Waals surface area contributed by atoms with Crippen LogP contribution in [0.1, 0.15) is 5.56 Å². The maximum atomic E-state index is 5.82. The molecule has 0 radical (unpaired) electrons. The molecule has 2 N–H and O–H groups in total. The Hall–Kier alpha value is -0.750. The van der Waals surface area contributed by atoms with Gasteiger partial charge in [-0.2, -0.15) is 0 Å². The van der Waals surface area contributed by atoms with Crippen molar-refractivity contribution in [3.63, 3.8) is 0 Å². The van der Waals surface area contributed by atoms with Gasteiger partial charge in [-0.05, 0) is 68.3 Å². The summed E-state index contributed by atoms with van der Waals surface area (Å²) >= 11 is 5.63. The van der Waals surface area contributed by atoms with E-state index in [0.29, 0.717) is 6.61 Å². The number of nitrogen functional groups attached to an aromatic ring is 1. The van der Waals surface area contributed by atoms with E-state index in [1.54, 1.807) is 0 Å². The van der Waals surface area contributed by atoms with E-state index in [1.165, 1.54) is 0 Å². The second kappa shape index (κ2) is 5.73. The van der Waals surface area contributed by atoms with Gasteiger partial charge in [-0.1, -0.05) is 18.2 Å². The van der Waals surface area contributed by atoms with Crippen molar-refractivity contribution in [2.24, 2.45) is 0 Å². The molecule has 0 unspecified atom stereocenters. The molecule has 2 aromatic carbocycles. The van der Waals surface area contributed by atoms with Gasteiger partial charge in [-0.3, -0.25) is 0 Å². The normalized spacial score (nSPS) is 10.2. The van der Waals surface area contributed by atoms with Gasteiger partial charge in [-0.15, -0.1) is 0 Å². The lowest BCUT2D eigenvalue weighted by atomic mass is 10.2. The maximum Gasteiger partial charge on any atom is 0.133 e. The van der Waals surface area contributed by atoms with Crippen molar-refractivity contribution in [1.82, 2.24) is 0 Å². The molecule has 2 aromatic rings. The first kappa shape index (κ1) is 12.7. The van der Waals surface area contributed by atoms with Crippen molar-refractivity contribution in [3.05, 3.63) is 56.1 Å². The van der Waals surface area contributed by atoms with E-state index >= 15 is 0 Å². The van der Waals surface area contributed by atoms with E-state index < -0.39 is 0 Å². The van der Waals surface area contributed by atoms with Crippen LogP contribution in [0.25, 0.3) is 0 Å². The summed E-state index contributed by atoms with van der Waals surface area (Å²) in [5.74, 6) is 0.898. The van der Waals surface area contributed by atoms with E-state index in [4.69, 9.17) is 10.5 Å². The highest BCUT2D eigenvalue weighted by molar-refractivity contribution is 14.1. The Morgan fingerprint density at radius 1 is 1.18 bits per heavy atom. The van der Waals surface area contributed by atoms with Crippen LogP contribution in [0.2, 0.25) is 0 Å². The zero-order chi connectivity index (χ0) is 12.3. The lowest BCUT2D eigenvalue weighted by Gasteiger charge is -2.09. The van der Waals surface area contributed by atoms with Crippen molar-refractivity contribution in [1.29, 1.82) is 0 Å². The number of nitrogens with two attached hydrogens (primary N) is 1. The Morgan fingerprint density at radius 3 is 2.65 bits per heavy atom. The van der Waals surface area contributed by atoms with Crippen LogP contribution >= 0.6 is 38.5 Å². The van der Waals surface area contributed by atoms with Crippen LogP contribution in [0.4, 0.5) is 5.69 Å². The molecule has 0 aliphatic carbocycles. The van der Waals surface area contributed by atoms with Crippen molar-refractivity contribution < 1.29 is 4.74 Å². The molecule has 0 aliphatic heterocycles. The van der Waals surface area contributed by atoms with Crippen LogP contribution in [0.3, 0.4) is 0 Å². The highest BCUT2D eigenvalue weighted by Gasteiger charge is 2.01. The number of benzene rings is 2. The minimum Gasteiger partial charge on any atom is -0.488 e. The van der Waals surface area contributed by atoms with Gasteiger partial charge >= 0.3 is 0 Å². The van der Waals surface area contributed by atoms with Crippen LogP contribution in [-0.2, 0) is 6.61 Å². The Bertz CT molecular complexity index is 531. The molecule has 0 aliphatic rings. The average molecular weight is 404 g/mol. The molecule has 0 bridgehead atoms. The molecule has 0 aromatic heterocycles. The van der Waals surface area contributed by atoms with E-state index in [2.05, 4.69) is 38.5 Å². The third kappa shape index (κ3) is 3.35. The predicted octanol–water partition coefficient (Wildman–Crippen LogP) is 4.21. The predicted molar refractivity (Wildman–Crippen MR) is 82.0 cm³/mol. The molecular weight excluding hydrogens is 393 g/mol. The monoisotopic (exact) mass is 403 g/mol. The second-order valence-electron chi connectivity index (χ2n) is 3.57. The SMILES string of the molecule is Nc1cc(COc2ccccc2I)ccc1Br. The minimum absolute atomic E-state index is 0.525. The molecule has 0 saturated carbocycles. The third-order valence-corrected chi connectivity index (χ3v) is 3.90. The standard InChI is InChI=1S/C13H11BrINO/c14-10-6-5-9(7-12(10)16)8-17-13-4-2-1-3-11(13)15/h1-7H,8,16H2. The first-order valence-electron chi connectivity index (χ1n) is 5.08. The number of halogens is 2. The summed E-state index contributed by atoms with van der Waals surface area (Å²) in [4.78, 5) is 0. The molecule has 17 heavy (non-hydrogen) atoms. The van der Waals surface area contributed by atoms with Gasteiger partial charge in [0.15, 0.2) is 0 Å². The number of para-hydroxylation sites is 1. The van der Waals surface area contributed by atoms with E-state index in [9.17, 15) is 0 Å². The molecule has 0 spiro atoms. The molecule has 0 heterocycles. The Balaban J connectivity index is 2.08. The van der Waals surface area contributed by atoms with E-state index in [-0.39, 0.29) is 0 Å². The third-order valence-electron chi connectivity index (χ3n) is 2.29. The summed E-state index contributed by atoms with van der Waals surface area (Å²) in [6.07, 6.45) is 0. The number of hydrogen-bond acceptors (Lipinski definition) is 2. The number of rotatable bonds is 3. The largest absolute Gasteiger partial charge is 0.488 e. The van der Waals surface area contributed by atoms with Gasteiger partial charge in [0.1, 0.15) is 12.4 Å². The van der Waals surface area contributed by atoms with Crippen LogP contribution in [0.5, 0.6) is 5.75 Å². The van der Waals surface area contributed by atoms with Crippen LogP contribution in [0, 0.1) is 3.57 Å². The molecule has 2 nitrogen and oxygen atoms in total. The number of hydrogen-bond donors (Lipinski definition) is 1. The summed E-state index contributed by atoms with van der Waals surface area (Å²) in [5, 5.41) is 0. The lowest BCUT2D eigenvalue weighted by molar-refractivity contribution is 0.304. The van der Waals surface area contributed by atoms with Gasteiger partial charge in [0, 0.05) is 10.2 Å². The summed E-state index contributed by atoms with van der Waals surface area (Å²) in [5.41, 5.74) is 7.61. The average Bonchev–Trinajstić information content (AvgIpc) is 2.32. The topological polar surface area (TPSA) is 35.2 Å². The van der Waals surface area contributed by atoms with E-state index in [1.807, 2.05) is 42.5 Å². The molecule has 2 rings (SSSR count).